The molecule has 5 rings (SSSR count). The van der Waals surface area contributed by atoms with Crippen LogP contribution in [0.3, 0.4) is 0 Å². The summed E-state index contributed by atoms with van der Waals surface area (Å²) in [5, 5.41) is 4.16. The number of carbonyl (C=O) groups is 2. The van der Waals surface area contributed by atoms with Crippen molar-refractivity contribution >= 4 is 39.1 Å². The van der Waals surface area contributed by atoms with Gasteiger partial charge in [0.2, 0.25) is 5.91 Å². The SMILES string of the molecule is COC(=O)c1ccc(CN2CCC3(CC2)CC3C(=O)Nc2ccc3sc(C)nc3c2)cc1. The lowest BCUT2D eigenvalue weighted by molar-refractivity contribution is -0.118. The smallest absolute Gasteiger partial charge is 0.337 e. The van der Waals surface area contributed by atoms with Gasteiger partial charge in [0.05, 0.1) is 27.9 Å². The first-order valence-electron chi connectivity index (χ1n) is 11.0. The summed E-state index contributed by atoms with van der Waals surface area (Å²) < 4.78 is 5.91. The van der Waals surface area contributed by atoms with E-state index in [-0.39, 0.29) is 23.2 Å². The van der Waals surface area contributed by atoms with E-state index in [2.05, 4.69) is 15.2 Å². The number of likely N-dealkylation sites (tertiary alicyclic amines) is 1. The molecule has 2 aromatic carbocycles. The van der Waals surface area contributed by atoms with E-state index < -0.39 is 0 Å². The van der Waals surface area contributed by atoms with Crippen LogP contribution in [0.25, 0.3) is 10.2 Å². The maximum Gasteiger partial charge on any atom is 0.337 e. The number of fused-ring (bicyclic) bond motifs is 1. The van der Waals surface area contributed by atoms with Crippen molar-refractivity contribution in [1.82, 2.24) is 9.88 Å². The largest absolute Gasteiger partial charge is 0.465 e. The topological polar surface area (TPSA) is 71.5 Å². The maximum absolute atomic E-state index is 12.9. The number of nitrogens with zero attached hydrogens (tertiary/aromatic N) is 2. The summed E-state index contributed by atoms with van der Waals surface area (Å²) in [5.41, 5.74) is 3.71. The number of ether oxygens (including phenoxy) is 1. The fourth-order valence-corrected chi connectivity index (χ4v) is 5.71. The van der Waals surface area contributed by atoms with Gasteiger partial charge >= 0.3 is 5.97 Å². The van der Waals surface area contributed by atoms with Crippen LogP contribution in [0.15, 0.2) is 42.5 Å². The van der Waals surface area contributed by atoms with Crippen molar-refractivity contribution in [2.45, 2.75) is 32.7 Å². The molecule has 6 nitrogen and oxygen atoms in total. The summed E-state index contributed by atoms with van der Waals surface area (Å²) in [7, 11) is 1.39. The van der Waals surface area contributed by atoms with E-state index >= 15 is 0 Å². The van der Waals surface area contributed by atoms with Crippen molar-refractivity contribution in [2.24, 2.45) is 11.3 Å². The lowest BCUT2D eigenvalue weighted by atomic mass is 9.90. The molecule has 1 spiro atoms. The Hall–Kier alpha value is -2.77. The fraction of sp³-hybridized carbons (Fsp3) is 0.400. The quantitative estimate of drug-likeness (QED) is 0.575. The van der Waals surface area contributed by atoms with E-state index in [9.17, 15) is 9.59 Å². The Kier molecular flexibility index (Phi) is 5.47. The highest BCUT2D eigenvalue weighted by atomic mass is 32.1. The third-order valence-electron chi connectivity index (χ3n) is 6.90. The predicted molar refractivity (Wildman–Crippen MR) is 126 cm³/mol. The number of aryl methyl sites for hydroxylation is 1. The number of carbonyl (C=O) groups excluding carboxylic acids is 2. The number of rotatable bonds is 5. The highest BCUT2D eigenvalue weighted by Crippen LogP contribution is 2.59. The van der Waals surface area contributed by atoms with E-state index in [1.165, 1.54) is 12.7 Å². The minimum Gasteiger partial charge on any atom is -0.465 e. The van der Waals surface area contributed by atoms with Crippen LogP contribution in [0.5, 0.6) is 0 Å². The van der Waals surface area contributed by atoms with Gasteiger partial charge in [-0.2, -0.15) is 0 Å². The molecule has 1 aromatic heterocycles. The van der Waals surface area contributed by atoms with E-state index in [1.807, 2.05) is 49.4 Å². The van der Waals surface area contributed by atoms with Crippen LogP contribution in [0.1, 0.15) is 40.2 Å². The Morgan fingerprint density at radius 3 is 2.66 bits per heavy atom. The summed E-state index contributed by atoms with van der Waals surface area (Å²) in [6.45, 7) is 4.85. The van der Waals surface area contributed by atoms with E-state index in [1.54, 1.807) is 11.3 Å². The second-order valence-electron chi connectivity index (χ2n) is 8.99. The van der Waals surface area contributed by atoms with Crippen LogP contribution in [-0.4, -0.2) is 42.0 Å². The summed E-state index contributed by atoms with van der Waals surface area (Å²) in [5.74, 6) is -0.0591. The zero-order valence-electron chi connectivity index (χ0n) is 18.4. The average Bonchev–Trinajstić information content (AvgIpc) is 3.37. The summed E-state index contributed by atoms with van der Waals surface area (Å²) in [4.78, 5) is 31.4. The first-order chi connectivity index (χ1) is 15.5. The van der Waals surface area contributed by atoms with Crippen molar-refractivity contribution in [3.05, 3.63) is 58.6 Å². The van der Waals surface area contributed by atoms with Crippen LogP contribution in [0.2, 0.25) is 0 Å². The molecule has 1 saturated heterocycles. The normalized spacial score (nSPS) is 19.8. The Morgan fingerprint density at radius 2 is 1.94 bits per heavy atom. The zero-order valence-corrected chi connectivity index (χ0v) is 19.2. The number of thiazole rings is 1. The molecule has 32 heavy (non-hydrogen) atoms. The molecular formula is C25H27N3O3S. The zero-order chi connectivity index (χ0) is 22.3. The second-order valence-corrected chi connectivity index (χ2v) is 10.2. The fourth-order valence-electron chi connectivity index (χ4n) is 4.90. The molecule has 1 N–H and O–H groups in total. The molecule has 166 valence electrons. The van der Waals surface area contributed by atoms with Gasteiger partial charge in [-0.25, -0.2) is 9.78 Å². The first-order valence-corrected chi connectivity index (χ1v) is 11.9. The first kappa shape index (κ1) is 21.1. The minimum absolute atomic E-state index is 0.108. The molecule has 7 heteroatoms. The summed E-state index contributed by atoms with van der Waals surface area (Å²) in [6.07, 6.45) is 3.09. The highest BCUT2D eigenvalue weighted by molar-refractivity contribution is 7.18. The van der Waals surface area contributed by atoms with Crippen molar-refractivity contribution < 1.29 is 14.3 Å². The number of aromatic nitrogens is 1. The van der Waals surface area contributed by atoms with Crippen LogP contribution >= 0.6 is 11.3 Å². The monoisotopic (exact) mass is 449 g/mol. The lowest BCUT2D eigenvalue weighted by Gasteiger charge is -2.32. The molecule has 2 aliphatic rings. The average molecular weight is 450 g/mol. The van der Waals surface area contributed by atoms with Gasteiger partial charge in [-0.15, -0.1) is 11.3 Å². The molecular weight excluding hydrogens is 422 g/mol. The molecule has 1 atom stereocenters. The maximum atomic E-state index is 12.9. The molecule has 1 aliphatic heterocycles. The molecule has 2 fully saturated rings. The Morgan fingerprint density at radius 1 is 1.19 bits per heavy atom. The van der Waals surface area contributed by atoms with Gasteiger partial charge in [-0.1, -0.05) is 12.1 Å². The van der Waals surface area contributed by atoms with Gasteiger partial charge in [-0.05, 0) is 80.6 Å². The number of piperidine rings is 1. The molecule has 1 amide bonds. The van der Waals surface area contributed by atoms with Crippen molar-refractivity contribution in [3.63, 3.8) is 0 Å². The summed E-state index contributed by atoms with van der Waals surface area (Å²) in [6, 6.07) is 13.6. The number of methoxy groups -OCH3 is 1. The number of nitrogens with one attached hydrogen (secondary N) is 1. The van der Waals surface area contributed by atoms with Crippen molar-refractivity contribution in [2.75, 3.05) is 25.5 Å². The van der Waals surface area contributed by atoms with Crippen LogP contribution in [-0.2, 0) is 16.1 Å². The van der Waals surface area contributed by atoms with E-state index in [0.29, 0.717) is 5.56 Å². The number of amides is 1. The number of esters is 1. The predicted octanol–water partition coefficient (Wildman–Crippen LogP) is 4.63. The Labute approximate surface area is 191 Å². The molecule has 1 aliphatic carbocycles. The van der Waals surface area contributed by atoms with Gasteiger partial charge < -0.3 is 10.1 Å². The van der Waals surface area contributed by atoms with E-state index in [4.69, 9.17) is 4.74 Å². The highest BCUT2D eigenvalue weighted by Gasteiger charge is 2.58. The minimum atomic E-state index is -0.309. The van der Waals surface area contributed by atoms with Crippen molar-refractivity contribution in [3.8, 4) is 0 Å². The number of hydrogen-bond donors (Lipinski definition) is 1. The molecule has 1 saturated carbocycles. The molecule has 0 bridgehead atoms. The molecule has 0 radical (unpaired) electrons. The van der Waals surface area contributed by atoms with Gasteiger partial charge in [0.15, 0.2) is 0 Å². The third kappa shape index (κ3) is 4.14. The molecule has 1 unspecified atom stereocenters. The van der Waals surface area contributed by atoms with Gasteiger partial charge in [0, 0.05) is 18.2 Å². The third-order valence-corrected chi connectivity index (χ3v) is 7.85. The van der Waals surface area contributed by atoms with Crippen molar-refractivity contribution in [1.29, 1.82) is 0 Å². The Bertz CT molecular complexity index is 1160. The van der Waals surface area contributed by atoms with Crippen LogP contribution < -0.4 is 5.32 Å². The van der Waals surface area contributed by atoms with Crippen LogP contribution in [0, 0.1) is 18.3 Å². The van der Waals surface area contributed by atoms with E-state index in [0.717, 1.165) is 59.8 Å². The second kappa shape index (κ2) is 8.30. The van der Waals surface area contributed by atoms with Gasteiger partial charge in [0.25, 0.3) is 0 Å². The van der Waals surface area contributed by atoms with Crippen LogP contribution in [0.4, 0.5) is 5.69 Å². The number of anilines is 1. The van der Waals surface area contributed by atoms with Gasteiger partial charge in [-0.3, -0.25) is 9.69 Å². The number of hydrogen-bond acceptors (Lipinski definition) is 6. The molecule has 3 aromatic rings. The van der Waals surface area contributed by atoms with Gasteiger partial charge in [0.1, 0.15) is 0 Å². The number of benzene rings is 2. The lowest BCUT2D eigenvalue weighted by Crippen LogP contribution is -2.35. The Balaban J connectivity index is 1.14. The summed E-state index contributed by atoms with van der Waals surface area (Å²) >= 11 is 1.67. The standard InChI is InChI=1S/C25H27N3O3S/c1-16-26-21-13-19(7-8-22(21)32-16)27-23(29)20-14-25(20)9-11-28(12-10-25)15-17-3-5-18(6-4-17)24(30)31-2/h3-8,13,20H,9-12,14-15H2,1-2H3,(H,27,29). The molecule has 2 heterocycles.